The van der Waals surface area contributed by atoms with E-state index in [2.05, 4.69) is 21.2 Å². The first kappa shape index (κ1) is 15.7. The number of rotatable bonds is 4. The van der Waals surface area contributed by atoms with Gasteiger partial charge in [0.1, 0.15) is 0 Å². The molecule has 0 aromatic heterocycles. The van der Waals surface area contributed by atoms with Crippen LogP contribution in [0.25, 0.3) is 0 Å². The zero-order chi connectivity index (χ0) is 14.6. The Morgan fingerprint density at radius 1 is 1.15 bits per heavy atom. The molecule has 1 aliphatic rings. The van der Waals surface area contributed by atoms with Gasteiger partial charge in [-0.15, -0.1) is 0 Å². The van der Waals surface area contributed by atoms with Gasteiger partial charge in [-0.1, -0.05) is 32.1 Å². The summed E-state index contributed by atoms with van der Waals surface area (Å²) in [7, 11) is 0. The second-order valence-electron chi connectivity index (χ2n) is 5.41. The maximum atomic E-state index is 12.6. The molecule has 1 N–H and O–H groups in total. The van der Waals surface area contributed by atoms with Crippen molar-refractivity contribution in [1.82, 2.24) is 0 Å². The summed E-state index contributed by atoms with van der Waals surface area (Å²) in [5, 5.41) is 3.22. The summed E-state index contributed by atoms with van der Waals surface area (Å²) >= 11 is 3.20. The van der Waals surface area contributed by atoms with Crippen LogP contribution in [0.3, 0.4) is 0 Å². The second kappa shape index (κ2) is 6.83. The third-order valence-electron chi connectivity index (χ3n) is 3.89. The van der Waals surface area contributed by atoms with Crippen molar-refractivity contribution in [1.29, 1.82) is 0 Å². The first-order valence-electron chi connectivity index (χ1n) is 7.07. The molecule has 0 aliphatic heterocycles. The number of halogens is 4. The summed E-state index contributed by atoms with van der Waals surface area (Å²) in [6.45, 7) is 0.814. The monoisotopic (exact) mass is 349 g/mol. The van der Waals surface area contributed by atoms with E-state index in [0.717, 1.165) is 36.7 Å². The first-order valence-corrected chi connectivity index (χ1v) is 7.87. The van der Waals surface area contributed by atoms with E-state index in [1.165, 1.54) is 38.2 Å². The van der Waals surface area contributed by atoms with Crippen LogP contribution in [-0.4, -0.2) is 6.54 Å². The molecule has 112 valence electrons. The molecule has 20 heavy (non-hydrogen) atoms. The number of hydrogen-bond donors (Lipinski definition) is 1. The van der Waals surface area contributed by atoms with Crippen LogP contribution in [0.5, 0.6) is 0 Å². The van der Waals surface area contributed by atoms with Crippen LogP contribution in [0.1, 0.15) is 44.1 Å². The molecule has 0 unspecified atom stereocenters. The topological polar surface area (TPSA) is 12.0 Å². The molecule has 2 rings (SSSR count). The Hall–Kier alpha value is -0.710. The minimum absolute atomic E-state index is 0.468. The van der Waals surface area contributed by atoms with Crippen molar-refractivity contribution < 1.29 is 13.2 Å². The third kappa shape index (κ3) is 4.40. The van der Waals surface area contributed by atoms with Crippen LogP contribution in [0, 0.1) is 5.92 Å². The van der Waals surface area contributed by atoms with Crippen molar-refractivity contribution in [2.45, 2.75) is 44.7 Å². The molecule has 1 aliphatic carbocycles. The fourth-order valence-electron chi connectivity index (χ4n) is 2.72. The molecule has 1 aromatic carbocycles. The zero-order valence-corrected chi connectivity index (χ0v) is 12.9. The molecule has 0 saturated heterocycles. The summed E-state index contributed by atoms with van der Waals surface area (Å²) in [6.07, 6.45) is 3.35. The molecular formula is C15H19BrF3N. The van der Waals surface area contributed by atoms with E-state index < -0.39 is 11.7 Å². The quantitative estimate of drug-likeness (QED) is 0.718. The largest absolute Gasteiger partial charge is 0.416 e. The maximum Gasteiger partial charge on any atom is 0.416 e. The van der Waals surface area contributed by atoms with Gasteiger partial charge in [0, 0.05) is 16.7 Å². The Kier molecular flexibility index (Phi) is 5.35. The lowest BCUT2D eigenvalue weighted by atomic mass is 9.87. The lowest BCUT2D eigenvalue weighted by Gasteiger charge is -2.22. The van der Waals surface area contributed by atoms with Crippen molar-refractivity contribution >= 4 is 21.6 Å². The fourth-order valence-corrected chi connectivity index (χ4v) is 3.24. The van der Waals surface area contributed by atoms with Gasteiger partial charge >= 0.3 is 6.18 Å². The Balaban J connectivity index is 1.86. The van der Waals surface area contributed by atoms with Crippen LogP contribution < -0.4 is 5.32 Å². The molecule has 0 spiro atoms. The van der Waals surface area contributed by atoms with Gasteiger partial charge in [0.05, 0.1) is 5.56 Å². The summed E-state index contributed by atoms with van der Waals surface area (Å²) in [5.41, 5.74) is 0.107. The summed E-state index contributed by atoms with van der Waals surface area (Å²) in [5.74, 6) is 0.768. The SMILES string of the molecule is FC(F)(F)c1ccc(NCCC2CCCCC2)c(Br)c1. The molecule has 1 nitrogen and oxygen atoms in total. The van der Waals surface area contributed by atoms with Crippen LogP contribution in [0.4, 0.5) is 18.9 Å². The molecule has 0 atom stereocenters. The van der Waals surface area contributed by atoms with Crippen LogP contribution in [0.15, 0.2) is 22.7 Å². The molecule has 0 bridgehead atoms. The van der Waals surface area contributed by atoms with Crippen LogP contribution in [-0.2, 0) is 6.18 Å². The summed E-state index contributed by atoms with van der Waals surface area (Å²) in [4.78, 5) is 0. The predicted molar refractivity (Wildman–Crippen MR) is 78.8 cm³/mol. The molecule has 1 saturated carbocycles. The van der Waals surface area contributed by atoms with Gasteiger partial charge in [-0.25, -0.2) is 0 Å². The summed E-state index contributed by atoms with van der Waals surface area (Å²) in [6, 6.07) is 3.74. The average Bonchev–Trinajstić information content (AvgIpc) is 2.40. The molecule has 1 fully saturated rings. The molecular weight excluding hydrogens is 331 g/mol. The van der Waals surface area contributed by atoms with E-state index in [-0.39, 0.29) is 0 Å². The van der Waals surface area contributed by atoms with E-state index in [1.807, 2.05) is 0 Å². The predicted octanol–water partition coefficient (Wildman–Crippen LogP) is 5.85. The van der Waals surface area contributed by atoms with E-state index >= 15 is 0 Å². The van der Waals surface area contributed by atoms with Gasteiger partial charge in [-0.2, -0.15) is 13.2 Å². The molecule has 0 heterocycles. The number of nitrogens with one attached hydrogen (secondary N) is 1. The van der Waals surface area contributed by atoms with Gasteiger partial charge in [-0.3, -0.25) is 0 Å². The normalized spacial score (nSPS) is 17.2. The number of hydrogen-bond acceptors (Lipinski definition) is 1. The van der Waals surface area contributed by atoms with Crippen molar-refractivity contribution in [3.8, 4) is 0 Å². The number of anilines is 1. The van der Waals surface area contributed by atoms with Gasteiger partial charge < -0.3 is 5.32 Å². The van der Waals surface area contributed by atoms with Crippen molar-refractivity contribution in [2.24, 2.45) is 5.92 Å². The van der Waals surface area contributed by atoms with Crippen molar-refractivity contribution in [3.63, 3.8) is 0 Å². The van der Waals surface area contributed by atoms with Crippen LogP contribution in [0.2, 0.25) is 0 Å². The smallest absolute Gasteiger partial charge is 0.384 e. The minimum atomic E-state index is -4.29. The molecule has 1 aromatic rings. The highest BCUT2D eigenvalue weighted by molar-refractivity contribution is 9.10. The lowest BCUT2D eigenvalue weighted by Crippen LogP contribution is -2.12. The Bertz CT molecular complexity index is 439. The first-order chi connectivity index (χ1) is 9.47. The second-order valence-corrected chi connectivity index (χ2v) is 6.27. The highest BCUT2D eigenvalue weighted by Crippen LogP contribution is 2.34. The van der Waals surface area contributed by atoms with Crippen LogP contribution >= 0.6 is 15.9 Å². The van der Waals surface area contributed by atoms with E-state index in [9.17, 15) is 13.2 Å². The number of benzene rings is 1. The highest BCUT2D eigenvalue weighted by atomic mass is 79.9. The average molecular weight is 350 g/mol. The van der Waals surface area contributed by atoms with Gasteiger partial charge in [0.25, 0.3) is 0 Å². The Morgan fingerprint density at radius 3 is 2.45 bits per heavy atom. The van der Waals surface area contributed by atoms with Gasteiger partial charge in [-0.05, 0) is 46.5 Å². The Morgan fingerprint density at radius 2 is 1.85 bits per heavy atom. The molecule has 5 heteroatoms. The standard InChI is InChI=1S/C15H19BrF3N/c16-13-10-12(15(17,18)19)6-7-14(13)20-9-8-11-4-2-1-3-5-11/h6-7,10-11,20H,1-5,8-9H2. The zero-order valence-electron chi connectivity index (χ0n) is 11.3. The lowest BCUT2D eigenvalue weighted by molar-refractivity contribution is -0.137. The molecule has 0 amide bonds. The third-order valence-corrected chi connectivity index (χ3v) is 4.55. The maximum absolute atomic E-state index is 12.6. The number of alkyl halides is 3. The van der Waals surface area contributed by atoms with Gasteiger partial charge in [0.2, 0.25) is 0 Å². The van der Waals surface area contributed by atoms with E-state index in [0.29, 0.717) is 4.47 Å². The highest BCUT2D eigenvalue weighted by Gasteiger charge is 2.30. The minimum Gasteiger partial charge on any atom is -0.384 e. The van der Waals surface area contributed by atoms with Crippen molar-refractivity contribution in [3.05, 3.63) is 28.2 Å². The molecule has 0 radical (unpaired) electrons. The van der Waals surface area contributed by atoms with E-state index in [4.69, 9.17) is 0 Å². The summed E-state index contributed by atoms with van der Waals surface area (Å²) < 4.78 is 38.1. The van der Waals surface area contributed by atoms with E-state index in [1.54, 1.807) is 0 Å². The Labute approximate surface area is 126 Å². The fraction of sp³-hybridized carbons (Fsp3) is 0.600. The van der Waals surface area contributed by atoms with Crippen molar-refractivity contribution in [2.75, 3.05) is 11.9 Å². The van der Waals surface area contributed by atoms with Gasteiger partial charge in [0.15, 0.2) is 0 Å².